The van der Waals surface area contributed by atoms with Crippen LogP contribution in [-0.4, -0.2) is 18.4 Å². The average molecular weight is 282 g/mol. The van der Waals surface area contributed by atoms with Crippen molar-refractivity contribution in [3.05, 3.63) is 35.4 Å². The predicted octanol–water partition coefficient (Wildman–Crippen LogP) is 1.67. The van der Waals surface area contributed by atoms with Gasteiger partial charge in [-0.3, -0.25) is 9.59 Å². The fourth-order valence-electron chi connectivity index (χ4n) is 2.21. The zero-order chi connectivity index (χ0) is 14.7. The SMILES string of the molecule is CC(NC(=O)C1CCC(=O)NC1)c1cc(F)ccc1F. The van der Waals surface area contributed by atoms with Gasteiger partial charge in [-0.15, -0.1) is 0 Å². The topological polar surface area (TPSA) is 58.2 Å². The summed E-state index contributed by atoms with van der Waals surface area (Å²) in [5.74, 6) is -1.77. The minimum Gasteiger partial charge on any atom is -0.355 e. The number of carbonyl (C=O) groups is 2. The van der Waals surface area contributed by atoms with E-state index in [4.69, 9.17) is 0 Å². The predicted molar refractivity (Wildman–Crippen MR) is 68.6 cm³/mol. The van der Waals surface area contributed by atoms with Crippen LogP contribution in [0.25, 0.3) is 0 Å². The van der Waals surface area contributed by atoms with Gasteiger partial charge in [0.25, 0.3) is 0 Å². The van der Waals surface area contributed by atoms with Crippen LogP contribution in [0.2, 0.25) is 0 Å². The van der Waals surface area contributed by atoms with Crippen LogP contribution in [-0.2, 0) is 9.59 Å². The highest BCUT2D eigenvalue weighted by Gasteiger charge is 2.26. The fourth-order valence-corrected chi connectivity index (χ4v) is 2.21. The summed E-state index contributed by atoms with van der Waals surface area (Å²) in [5.41, 5.74) is 0.109. The first-order valence-corrected chi connectivity index (χ1v) is 6.49. The summed E-state index contributed by atoms with van der Waals surface area (Å²) < 4.78 is 26.7. The molecular weight excluding hydrogens is 266 g/mol. The second kappa shape index (κ2) is 5.98. The van der Waals surface area contributed by atoms with Gasteiger partial charge in [0.05, 0.1) is 12.0 Å². The van der Waals surface area contributed by atoms with E-state index in [9.17, 15) is 18.4 Å². The van der Waals surface area contributed by atoms with E-state index in [1.54, 1.807) is 6.92 Å². The molecule has 1 aliphatic rings. The first kappa shape index (κ1) is 14.4. The lowest BCUT2D eigenvalue weighted by Crippen LogP contribution is -2.43. The third-order valence-electron chi connectivity index (χ3n) is 3.42. The fraction of sp³-hybridized carbons (Fsp3) is 0.429. The van der Waals surface area contributed by atoms with Crippen LogP contribution < -0.4 is 10.6 Å². The Morgan fingerprint density at radius 2 is 2.20 bits per heavy atom. The molecule has 20 heavy (non-hydrogen) atoms. The molecule has 0 spiro atoms. The second-order valence-electron chi connectivity index (χ2n) is 4.94. The molecule has 1 aromatic carbocycles. The van der Waals surface area contributed by atoms with Crippen molar-refractivity contribution in [3.63, 3.8) is 0 Å². The van der Waals surface area contributed by atoms with Crippen molar-refractivity contribution in [2.75, 3.05) is 6.54 Å². The molecule has 2 rings (SSSR count). The molecule has 2 atom stereocenters. The maximum absolute atomic E-state index is 13.6. The number of halogens is 2. The van der Waals surface area contributed by atoms with Crippen LogP contribution in [0.5, 0.6) is 0 Å². The molecule has 0 aromatic heterocycles. The second-order valence-corrected chi connectivity index (χ2v) is 4.94. The number of benzene rings is 1. The van der Waals surface area contributed by atoms with Crippen LogP contribution >= 0.6 is 0 Å². The summed E-state index contributed by atoms with van der Waals surface area (Å²) in [6.07, 6.45) is 0.775. The van der Waals surface area contributed by atoms with Gasteiger partial charge in [0, 0.05) is 18.5 Å². The number of carbonyl (C=O) groups excluding carboxylic acids is 2. The molecule has 4 nitrogen and oxygen atoms in total. The Labute approximate surface area is 115 Å². The first-order chi connectivity index (χ1) is 9.47. The van der Waals surface area contributed by atoms with Crippen LogP contribution in [0.15, 0.2) is 18.2 Å². The molecular formula is C14H16F2N2O2. The summed E-state index contributed by atoms with van der Waals surface area (Å²) in [6.45, 7) is 1.88. The quantitative estimate of drug-likeness (QED) is 0.886. The van der Waals surface area contributed by atoms with Crippen LogP contribution in [0, 0.1) is 17.6 Å². The van der Waals surface area contributed by atoms with Crippen LogP contribution in [0.3, 0.4) is 0 Å². The third-order valence-corrected chi connectivity index (χ3v) is 3.42. The van der Waals surface area contributed by atoms with E-state index in [0.717, 1.165) is 18.2 Å². The number of amides is 2. The van der Waals surface area contributed by atoms with Gasteiger partial charge in [-0.25, -0.2) is 8.78 Å². The van der Waals surface area contributed by atoms with Crippen molar-refractivity contribution >= 4 is 11.8 Å². The van der Waals surface area contributed by atoms with Gasteiger partial charge in [-0.1, -0.05) is 0 Å². The van der Waals surface area contributed by atoms with Crippen molar-refractivity contribution < 1.29 is 18.4 Å². The summed E-state index contributed by atoms with van der Waals surface area (Å²) in [4.78, 5) is 23.0. The molecule has 0 bridgehead atoms. The zero-order valence-electron chi connectivity index (χ0n) is 11.1. The van der Waals surface area contributed by atoms with E-state index in [1.807, 2.05) is 0 Å². The van der Waals surface area contributed by atoms with E-state index in [-0.39, 0.29) is 29.8 Å². The van der Waals surface area contributed by atoms with Crippen LogP contribution in [0.1, 0.15) is 31.4 Å². The van der Waals surface area contributed by atoms with Crippen molar-refractivity contribution in [2.24, 2.45) is 5.92 Å². The summed E-state index contributed by atoms with van der Waals surface area (Å²) >= 11 is 0. The number of rotatable bonds is 3. The van der Waals surface area contributed by atoms with Gasteiger partial charge in [0.15, 0.2) is 0 Å². The third kappa shape index (κ3) is 3.31. The van der Waals surface area contributed by atoms with Gasteiger partial charge in [0.1, 0.15) is 11.6 Å². The molecule has 1 aromatic rings. The first-order valence-electron chi connectivity index (χ1n) is 6.49. The molecule has 1 heterocycles. The van der Waals surface area contributed by atoms with Crippen molar-refractivity contribution in [2.45, 2.75) is 25.8 Å². The molecule has 2 N–H and O–H groups in total. The van der Waals surface area contributed by atoms with Crippen LogP contribution in [0.4, 0.5) is 8.78 Å². The minimum absolute atomic E-state index is 0.0710. The van der Waals surface area contributed by atoms with Gasteiger partial charge in [0.2, 0.25) is 11.8 Å². The monoisotopic (exact) mass is 282 g/mol. The molecule has 0 radical (unpaired) electrons. The Bertz CT molecular complexity index is 524. The average Bonchev–Trinajstić information content (AvgIpc) is 2.42. The van der Waals surface area contributed by atoms with Gasteiger partial charge < -0.3 is 10.6 Å². The summed E-state index contributed by atoms with van der Waals surface area (Å²) in [5, 5.41) is 5.26. The lowest BCUT2D eigenvalue weighted by molar-refractivity contribution is -0.129. The lowest BCUT2D eigenvalue weighted by atomic mass is 9.97. The van der Waals surface area contributed by atoms with Crippen molar-refractivity contribution in [1.82, 2.24) is 10.6 Å². The number of nitrogens with one attached hydrogen (secondary N) is 2. The Kier molecular flexibility index (Phi) is 4.32. The highest BCUT2D eigenvalue weighted by atomic mass is 19.1. The standard InChI is InChI=1S/C14H16F2N2O2/c1-8(11-6-10(15)3-4-12(11)16)18-14(20)9-2-5-13(19)17-7-9/h3-4,6,8-9H,2,5,7H2,1H3,(H,17,19)(H,18,20). The van der Waals surface area contributed by atoms with Crippen molar-refractivity contribution in [3.8, 4) is 0 Å². The number of hydrogen-bond acceptors (Lipinski definition) is 2. The lowest BCUT2D eigenvalue weighted by Gasteiger charge is -2.24. The molecule has 6 heteroatoms. The molecule has 1 aliphatic heterocycles. The molecule has 2 unspecified atom stereocenters. The number of piperidine rings is 1. The molecule has 0 aliphatic carbocycles. The smallest absolute Gasteiger partial charge is 0.225 e. The highest BCUT2D eigenvalue weighted by molar-refractivity contribution is 5.83. The molecule has 0 saturated carbocycles. The molecule has 108 valence electrons. The maximum Gasteiger partial charge on any atom is 0.225 e. The zero-order valence-corrected chi connectivity index (χ0v) is 11.1. The maximum atomic E-state index is 13.6. The van der Waals surface area contributed by atoms with E-state index in [1.165, 1.54) is 0 Å². The minimum atomic E-state index is -0.629. The largest absolute Gasteiger partial charge is 0.355 e. The Balaban J connectivity index is 2.00. The van der Waals surface area contributed by atoms with E-state index >= 15 is 0 Å². The number of hydrogen-bond donors (Lipinski definition) is 2. The summed E-state index contributed by atoms with van der Waals surface area (Å²) in [6, 6.07) is 2.51. The van der Waals surface area contributed by atoms with E-state index in [2.05, 4.69) is 10.6 Å². The van der Waals surface area contributed by atoms with E-state index < -0.39 is 17.7 Å². The van der Waals surface area contributed by atoms with E-state index in [0.29, 0.717) is 12.8 Å². The van der Waals surface area contributed by atoms with Gasteiger partial charge in [-0.2, -0.15) is 0 Å². The normalized spacial score (nSPS) is 20.1. The molecule has 1 fully saturated rings. The highest BCUT2D eigenvalue weighted by Crippen LogP contribution is 2.19. The van der Waals surface area contributed by atoms with Crippen molar-refractivity contribution in [1.29, 1.82) is 0 Å². The Morgan fingerprint density at radius 3 is 2.85 bits per heavy atom. The molecule has 2 amide bonds. The molecule has 1 saturated heterocycles. The summed E-state index contributed by atoms with van der Waals surface area (Å²) in [7, 11) is 0. The Hall–Kier alpha value is -1.98. The van der Waals surface area contributed by atoms with Gasteiger partial charge in [-0.05, 0) is 31.5 Å². The Morgan fingerprint density at radius 1 is 1.45 bits per heavy atom. The van der Waals surface area contributed by atoms with Gasteiger partial charge >= 0.3 is 0 Å².